The van der Waals surface area contributed by atoms with Crippen LogP contribution in [-0.4, -0.2) is 19.7 Å². The van der Waals surface area contributed by atoms with Gasteiger partial charge < -0.3 is 0 Å². The van der Waals surface area contributed by atoms with Gasteiger partial charge in [0.1, 0.15) is 5.82 Å². The van der Waals surface area contributed by atoms with E-state index in [9.17, 15) is 23.3 Å². The summed E-state index contributed by atoms with van der Waals surface area (Å²) < 4.78 is 38.5. The molecule has 108 valence electrons. The number of halogens is 3. The monoisotopic (exact) mass is 306 g/mol. The zero-order valence-electron chi connectivity index (χ0n) is 10.4. The van der Waals surface area contributed by atoms with Crippen LogP contribution in [0.25, 0.3) is 0 Å². The second-order valence-corrected chi connectivity index (χ2v) is 5.39. The highest BCUT2D eigenvalue weighted by atomic mass is 32.1. The molecule has 0 saturated carbocycles. The Morgan fingerprint density at radius 3 is 2.55 bits per heavy atom. The van der Waals surface area contributed by atoms with Crippen LogP contribution < -0.4 is 0 Å². The number of thiophene rings is 1. The topological polar surface area (TPSA) is 73.8 Å². The molecule has 0 aromatic carbocycles. The number of aryl methyl sites for hydroxylation is 2. The zero-order valence-corrected chi connectivity index (χ0v) is 11.2. The minimum atomic E-state index is -4.60. The van der Waals surface area contributed by atoms with Gasteiger partial charge in [0.15, 0.2) is 0 Å². The number of nitro groups is 1. The van der Waals surface area contributed by atoms with Crippen LogP contribution in [0.4, 0.5) is 18.9 Å². The second-order valence-electron chi connectivity index (χ2n) is 4.05. The summed E-state index contributed by atoms with van der Waals surface area (Å²) in [5.41, 5.74) is -0.0428. The first kappa shape index (κ1) is 14.4. The van der Waals surface area contributed by atoms with Gasteiger partial charge in [0.25, 0.3) is 11.5 Å². The van der Waals surface area contributed by atoms with Gasteiger partial charge in [-0.15, -0.1) is 16.4 Å². The normalized spacial score (nSPS) is 11.8. The van der Waals surface area contributed by atoms with Crippen molar-refractivity contribution in [2.75, 3.05) is 0 Å². The first-order valence-electron chi connectivity index (χ1n) is 5.41. The van der Waals surface area contributed by atoms with Crippen molar-refractivity contribution < 1.29 is 18.1 Å². The first-order chi connectivity index (χ1) is 9.18. The van der Waals surface area contributed by atoms with E-state index in [4.69, 9.17) is 0 Å². The maximum atomic E-state index is 12.5. The van der Waals surface area contributed by atoms with Gasteiger partial charge >= 0.3 is 6.18 Å². The van der Waals surface area contributed by atoms with Crippen LogP contribution in [0.15, 0.2) is 6.07 Å². The van der Waals surface area contributed by atoms with Crippen LogP contribution in [-0.2, 0) is 12.7 Å². The lowest BCUT2D eigenvalue weighted by atomic mass is 10.4. The third-order valence-electron chi connectivity index (χ3n) is 2.56. The molecule has 0 bridgehead atoms. The van der Waals surface area contributed by atoms with Crippen LogP contribution in [0.5, 0.6) is 0 Å². The van der Waals surface area contributed by atoms with Crippen molar-refractivity contribution in [2.45, 2.75) is 26.6 Å². The van der Waals surface area contributed by atoms with Gasteiger partial charge in [-0.2, -0.15) is 13.2 Å². The van der Waals surface area contributed by atoms with Gasteiger partial charge in [-0.3, -0.25) is 10.1 Å². The van der Waals surface area contributed by atoms with E-state index in [-0.39, 0.29) is 18.1 Å². The van der Waals surface area contributed by atoms with Crippen molar-refractivity contribution >= 4 is 17.0 Å². The molecule has 10 heteroatoms. The number of alkyl halides is 3. The van der Waals surface area contributed by atoms with Crippen LogP contribution in [0.2, 0.25) is 0 Å². The Hall–Kier alpha value is -1.97. The van der Waals surface area contributed by atoms with Crippen LogP contribution in [0, 0.1) is 24.0 Å². The molecule has 0 radical (unpaired) electrons. The predicted octanol–water partition coefficient (Wildman–Crippen LogP) is 2.93. The van der Waals surface area contributed by atoms with Gasteiger partial charge in [-0.05, 0) is 13.8 Å². The molecule has 0 N–H and O–H groups in total. The fourth-order valence-corrected chi connectivity index (χ4v) is 2.62. The highest BCUT2D eigenvalue weighted by Gasteiger charge is 2.36. The van der Waals surface area contributed by atoms with Crippen LogP contribution >= 0.6 is 11.3 Å². The summed E-state index contributed by atoms with van der Waals surface area (Å²) >= 11 is 1.15. The summed E-state index contributed by atoms with van der Waals surface area (Å²) in [6.45, 7) is 3.01. The molecule has 2 rings (SSSR count). The maximum Gasteiger partial charge on any atom is 0.453 e. The smallest absolute Gasteiger partial charge is 0.258 e. The molecule has 0 amide bonds. The van der Waals surface area contributed by atoms with E-state index in [0.717, 1.165) is 16.0 Å². The SMILES string of the molecule is Cc1sc(Cn2nc(C(F)(F)F)nc2C)cc1[N+](=O)[O-]. The van der Waals surface area contributed by atoms with Gasteiger partial charge in [0, 0.05) is 10.9 Å². The van der Waals surface area contributed by atoms with E-state index in [2.05, 4.69) is 10.1 Å². The molecule has 2 aromatic rings. The largest absolute Gasteiger partial charge is 0.453 e. The van der Waals surface area contributed by atoms with Crippen molar-refractivity contribution in [3.05, 3.63) is 37.6 Å². The van der Waals surface area contributed by atoms with Crippen LogP contribution in [0.3, 0.4) is 0 Å². The maximum absolute atomic E-state index is 12.5. The predicted molar refractivity (Wildman–Crippen MR) is 64.6 cm³/mol. The molecule has 0 atom stereocenters. The van der Waals surface area contributed by atoms with E-state index in [0.29, 0.717) is 9.75 Å². The molecule has 20 heavy (non-hydrogen) atoms. The molecule has 0 aliphatic rings. The molecule has 2 aromatic heterocycles. The molecular formula is C10H9F3N4O2S. The average molecular weight is 306 g/mol. The zero-order chi connectivity index (χ0) is 15.1. The third-order valence-corrected chi connectivity index (χ3v) is 3.58. The van der Waals surface area contributed by atoms with Gasteiger partial charge in [0.2, 0.25) is 0 Å². The van der Waals surface area contributed by atoms with Crippen molar-refractivity contribution in [2.24, 2.45) is 0 Å². The molecule has 0 unspecified atom stereocenters. The van der Waals surface area contributed by atoms with Crippen molar-refractivity contribution in [3.8, 4) is 0 Å². The molecule has 0 spiro atoms. The van der Waals surface area contributed by atoms with Gasteiger partial charge in [0.05, 0.1) is 16.3 Å². The number of aromatic nitrogens is 3. The Labute approximate surface area is 115 Å². The van der Waals surface area contributed by atoms with Crippen LogP contribution in [0.1, 0.15) is 21.4 Å². The molecule has 0 aliphatic carbocycles. The Balaban J connectivity index is 2.29. The Bertz CT molecular complexity index is 662. The summed E-state index contributed by atoms with van der Waals surface area (Å²) in [6.07, 6.45) is -4.60. The molecular weight excluding hydrogens is 297 g/mol. The quantitative estimate of drug-likeness (QED) is 0.645. The number of hydrogen-bond donors (Lipinski definition) is 0. The lowest BCUT2D eigenvalue weighted by Gasteiger charge is -2.00. The Morgan fingerprint density at radius 2 is 2.10 bits per heavy atom. The number of hydrogen-bond acceptors (Lipinski definition) is 5. The average Bonchev–Trinajstić information content (AvgIpc) is 2.83. The number of rotatable bonds is 3. The fourth-order valence-electron chi connectivity index (χ4n) is 1.63. The van der Waals surface area contributed by atoms with E-state index < -0.39 is 16.9 Å². The standard InChI is InChI=1S/C10H9F3N4O2S/c1-5-8(17(18)19)3-7(20-5)4-16-6(2)14-9(15-16)10(11,12)13/h3H,4H2,1-2H3. The van der Waals surface area contributed by atoms with Crippen molar-refractivity contribution in [3.63, 3.8) is 0 Å². The minimum absolute atomic E-state index is 0.0221. The summed E-state index contributed by atoms with van der Waals surface area (Å²) in [7, 11) is 0. The van der Waals surface area contributed by atoms with E-state index in [1.807, 2.05) is 0 Å². The highest BCUT2D eigenvalue weighted by Crippen LogP contribution is 2.30. The lowest BCUT2D eigenvalue weighted by molar-refractivity contribution is -0.385. The summed E-state index contributed by atoms with van der Waals surface area (Å²) in [6, 6.07) is 1.34. The Kier molecular flexibility index (Phi) is 3.50. The minimum Gasteiger partial charge on any atom is -0.258 e. The van der Waals surface area contributed by atoms with E-state index in [1.54, 1.807) is 6.92 Å². The number of nitrogens with zero attached hydrogens (tertiary/aromatic N) is 4. The fraction of sp³-hybridized carbons (Fsp3) is 0.400. The summed E-state index contributed by atoms with van der Waals surface area (Å²) in [5.74, 6) is -1.11. The molecule has 6 nitrogen and oxygen atoms in total. The van der Waals surface area contributed by atoms with E-state index in [1.165, 1.54) is 13.0 Å². The van der Waals surface area contributed by atoms with Gasteiger partial charge in [-0.25, -0.2) is 9.67 Å². The van der Waals surface area contributed by atoms with Crippen molar-refractivity contribution in [1.29, 1.82) is 0 Å². The van der Waals surface area contributed by atoms with Gasteiger partial charge in [-0.1, -0.05) is 0 Å². The first-order valence-corrected chi connectivity index (χ1v) is 6.22. The molecule has 0 aliphatic heterocycles. The second kappa shape index (κ2) is 4.85. The Morgan fingerprint density at radius 1 is 1.45 bits per heavy atom. The summed E-state index contributed by atoms with van der Waals surface area (Å²) in [4.78, 5) is 14.6. The summed E-state index contributed by atoms with van der Waals surface area (Å²) in [5, 5.41) is 14.1. The molecule has 0 fully saturated rings. The molecule has 2 heterocycles. The lowest BCUT2D eigenvalue weighted by Crippen LogP contribution is -2.09. The van der Waals surface area contributed by atoms with Crippen molar-refractivity contribution in [1.82, 2.24) is 14.8 Å². The highest BCUT2D eigenvalue weighted by molar-refractivity contribution is 7.12. The molecule has 0 saturated heterocycles. The third kappa shape index (κ3) is 2.79. The van der Waals surface area contributed by atoms with E-state index >= 15 is 0 Å².